The van der Waals surface area contributed by atoms with Crippen molar-refractivity contribution in [3.8, 4) is 11.1 Å². The molecule has 1 nitrogen and oxygen atoms in total. The second-order valence-electron chi connectivity index (χ2n) is 5.35. The molecule has 0 aliphatic heterocycles. The van der Waals surface area contributed by atoms with Gasteiger partial charge in [0.2, 0.25) is 0 Å². The molecule has 23 heavy (non-hydrogen) atoms. The lowest BCUT2D eigenvalue weighted by atomic mass is 10.0. The first-order chi connectivity index (χ1) is 11.4. The summed E-state index contributed by atoms with van der Waals surface area (Å²) in [6, 6.07) is 27.6. The highest BCUT2D eigenvalue weighted by molar-refractivity contribution is 7.99. The normalized spacial score (nSPS) is 10.8. The van der Waals surface area contributed by atoms with E-state index in [1.165, 1.54) is 26.1 Å². The van der Waals surface area contributed by atoms with E-state index in [4.69, 9.17) is 0 Å². The summed E-state index contributed by atoms with van der Waals surface area (Å²) >= 11 is 1.81. The molecule has 0 radical (unpaired) electrons. The average Bonchev–Trinajstić information content (AvgIpc) is 2.63. The minimum atomic E-state index is 1.15. The Labute approximate surface area is 140 Å². The van der Waals surface area contributed by atoms with Crippen LogP contribution in [0.5, 0.6) is 0 Å². The molecule has 0 fully saturated rings. The lowest BCUT2D eigenvalue weighted by Gasteiger charge is -2.10. The Bertz CT molecular complexity index is 933. The second kappa shape index (κ2) is 6.27. The smallest absolute Gasteiger partial charge is 0.0346 e. The van der Waals surface area contributed by atoms with Crippen LogP contribution in [0.2, 0.25) is 0 Å². The van der Waals surface area contributed by atoms with Crippen molar-refractivity contribution in [3.63, 3.8) is 0 Å². The maximum Gasteiger partial charge on any atom is 0.0346 e. The van der Waals surface area contributed by atoms with E-state index in [9.17, 15) is 0 Å². The van der Waals surface area contributed by atoms with Gasteiger partial charge in [-0.05, 0) is 46.7 Å². The van der Waals surface area contributed by atoms with E-state index in [0.717, 1.165) is 5.56 Å². The fourth-order valence-electron chi connectivity index (χ4n) is 2.68. The zero-order valence-electron chi connectivity index (χ0n) is 12.5. The number of hydrogen-bond donors (Lipinski definition) is 0. The minimum Gasteiger partial charge on any atom is -0.264 e. The molecule has 0 saturated heterocycles. The molecule has 0 aliphatic carbocycles. The summed E-state index contributed by atoms with van der Waals surface area (Å²) in [4.78, 5) is 6.77. The van der Waals surface area contributed by atoms with Crippen molar-refractivity contribution in [3.05, 3.63) is 91.3 Å². The van der Waals surface area contributed by atoms with Crippen molar-refractivity contribution in [2.75, 3.05) is 0 Å². The number of fused-ring (bicyclic) bond motifs is 1. The number of rotatable bonds is 3. The van der Waals surface area contributed by atoms with Gasteiger partial charge in [0.25, 0.3) is 0 Å². The van der Waals surface area contributed by atoms with Crippen LogP contribution in [0.1, 0.15) is 0 Å². The molecule has 110 valence electrons. The molecule has 0 saturated carbocycles. The van der Waals surface area contributed by atoms with E-state index < -0.39 is 0 Å². The van der Waals surface area contributed by atoms with Crippen LogP contribution in [0.4, 0.5) is 0 Å². The molecule has 1 aromatic heterocycles. The highest BCUT2D eigenvalue weighted by Gasteiger charge is 2.07. The van der Waals surface area contributed by atoms with Crippen LogP contribution in [0.15, 0.2) is 101 Å². The van der Waals surface area contributed by atoms with E-state index in [1.807, 2.05) is 24.5 Å². The predicted molar refractivity (Wildman–Crippen MR) is 97.7 cm³/mol. The Morgan fingerprint density at radius 1 is 0.696 bits per heavy atom. The molecule has 0 bridgehead atoms. The lowest BCUT2D eigenvalue weighted by molar-refractivity contribution is 1.33. The summed E-state index contributed by atoms with van der Waals surface area (Å²) in [5.74, 6) is 0. The number of hydrogen-bond acceptors (Lipinski definition) is 2. The van der Waals surface area contributed by atoms with Crippen molar-refractivity contribution in [1.82, 2.24) is 4.98 Å². The molecule has 1 heterocycles. The SMILES string of the molecule is c1ccc(Sc2cc(-c3cccnc3)cc3ccccc23)cc1. The molecular formula is C21H15NS. The van der Waals surface area contributed by atoms with Crippen molar-refractivity contribution >= 4 is 22.5 Å². The predicted octanol–water partition coefficient (Wildman–Crippen LogP) is 6.05. The molecule has 0 amide bonds. The van der Waals surface area contributed by atoms with Crippen molar-refractivity contribution in [1.29, 1.82) is 0 Å². The Morgan fingerprint density at radius 3 is 2.35 bits per heavy atom. The van der Waals surface area contributed by atoms with Gasteiger partial charge in [0, 0.05) is 27.7 Å². The van der Waals surface area contributed by atoms with E-state index in [-0.39, 0.29) is 0 Å². The minimum absolute atomic E-state index is 1.15. The van der Waals surface area contributed by atoms with Gasteiger partial charge in [0.1, 0.15) is 0 Å². The van der Waals surface area contributed by atoms with Gasteiger partial charge in [-0.15, -0.1) is 0 Å². The fourth-order valence-corrected chi connectivity index (χ4v) is 3.70. The van der Waals surface area contributed by atoms with Crippen molar-refractivity contribution in [2.24, 2.45) is 0 Å². The quantitative estimate of drug-likeness (QED) is 0.456. The van der Waals surface area contributed by atoms with E-state index >= 15 is 0 Å². The van der Waals surface area contributed by atoms with Gasteiger partial charge in [-0.1, -0.05) is 60.3 Å². The molecule has 0 spiro atoms. The first-order valence-corrected chi connectivity index (χ1v) is 8.38. The summed E-state index contributed by atoms with van der Waals surface area (Å²) < 4.78 is 0. The Kier molecular flexibility index (Phi) is 3.83. The molecule has 0 aliphatic rings. The van der Waals surface area contributed by atoms with Crippen LogP contribution < -0.4 is 0 Å². The Hall–Kier alpha value is -2.58. The number of nitrogens with zero attached hydrogens (tertiary/aromatic N) is 1. The summed E-state index contributed by atoms with van der Waals surface area (Å²) in [5.41, 5.74) is 2.35. The molecular weight excluding hydrogens is 298 g/mol. The topological polar surface area (TPSA) is 12.9 Å². The van der Waals surface area contributed by atoms with Gasteiger partial charge in [0.05, 0.1) is 0 Å². The summed E-state index contributed by atoms with van der Waals surface area (Å²) in [6.45, 7) is 0. The van der Waals surface area contributed by atoms with Crippen LogP contribution in [0, 0.1) is 0 Å². The number of pyridine rings is 1. The van der Waals surface area contributed by atoms with Gasteiger partial charge in [-0.3, -0.25) is 4.98 Å². The maximum atomic E-state index is 4.25. The zero-order chi connectivity index (χ0) is 15.5. The number of benzene rings is 3. The zero-order valence-corrected chi connectivity index (χ0v) is 13.3. The molecule has 0 atom stereocenters. The monoisotopic (exact) mass is 313 g/mol. The van der Waals surface area contributed by atoms with Crippen LogP contribution in [-0.4, -0.2) is 4.98 Å². The van der Waals surface area contributed by atoms with E-state index in [2.05, 4.69) is 71.7 Å². The molecule has 2 heteroatoms. The Balaban J connectivity index is 1.87. The third kappa shape index (κ3) is 2.99. The molecule has 3 aromatic carbocycles. The maximum absolute atomic E-state index is 4.25. The first kappa shape index (κ1) is 14.0. The van der Waals surface area contributed by atoms with Crippen LogP contribution in [0.3, 0.4) is 0 Å². The van der Waals surface area contributed by atoms with Crippen LogP contribution in [-0.2, 0) is 0 Å². The molecule has 0 N–H and O–H groups in total. The molecule has 4 rings (SSSR count). The third-order valence-electron chi connectivity index (χ3n) is 3.79. The fraction of sp³-hybridized carbons (Fsp3) is 0. The molecule has 4 aromatic rings. The summed E-state index contributed by atoms with van der Waals surface area (Å²) in [7, 11) is 0. The second-order valence-corrected chi connectivity index (χ2v) is 6.47. The summed E-state index contributed by atoms with van der Waals surface area (Å²) in [6.07, 6.45) is 3.73. The highest BCUT2D eigenvalue weighted by atomic mass is 32.2. The third-order valence-corrected chi connectivity index (χ3v) is 4.86. The van der Waals surface area contributed by atoms with E-state index in [1.54, 1.807) is 11.8 Å². The Morgan fingerprint density at radius 2 is 1.52 bits per heavy atom. The van der Waals surface area contributed by atoms with Gasteiger partial charge in [-0.25, -0.2) is 0 Å². The highest BCUT2D eigenvalue weighted by Crippen LogP contribution is 2.36. The number of aromatic nitrogens is 1. The average molecular weight is 313 g/mol. The first-order valence-electron chi connectivity index (χ1n) is 7.56. The van der Waals surface area contributed by atoms with Gasteiger partial charge < -0.3 is 0 Å². The molecule has 0 unspecified atom stereocenters. The van der Waals surface area contributed by atoms with Gasteiger partial charge in [0.15, 0.2) is 0 Å². The lowest BCUT2D eigenvalue weighted by Crippen LogP contribution is -1.84. The largest absolute Gasteiger partial charge is 0.264 e. The van der Waals surface area contributed by atoms with Crippen molar-refractivity contribution < 1.29 is 0 Å². The van der Waals surface area contributed by atoms with Crippen LogP contribution >= 0.6 is 11.8 Å². The van der Waals surface area contributed by atoms with Gasteiger partial charge >= 0.3 is 0 Å². The van der Waals surface area contributed by atoms with Crippen LogP contribution in [0.25, 0.3) is 21.9 Å². The standard InChI is InChI=1S/C21H15NS/c1-2-9-19(10-3-1)23-21-14-18(17-8-6-12-22-15-17)13-16-7-4-5-11-20(16)21/h1-15H. The summed E-state index contributed by atoms with van der Waals surface area (Å²) in [5, 5.41) is 2.54. The van der Waals surface area contributed by atoms with Gasteiger partial charge in [-0.2, -0.15) is 0 Å². The van der Waals surface area contributed by atoms with Crippen molar-refractivity contribution in [2.45, 2.75) is 9.79 Å². The van der Waals surface area contributed by atoms with E-state index in [0.29, 0.717) is 0 Å².